The number of aromatic nitrogens is 2. The minimum absolute atomic E-state index is 0.0909. The van der Waals surface area contributed by atoms with Crippen LogP contribution in [0.15, 0.2) is 36.7 Å². The summed E-state index contributed by atoms with van der Waals surface area (Å²) in [6.45, 7) is 5.71. The summed E-state index contributed by atoms with van der Waals surface area (Å²) in [5, 5.41) is 12.7. The van der Waals surface area contributed by atoms with E-state index >= 15 is 0 Å². The predicted molar refractivity (Wildman–Crippen MR) is 92.2 cm³/mol. The quantitative estimate of drug-likeness (QED) is 0.884. The van der Waals surface area contributed by atoms with Crippen LogP contribution < -0.4 is 0 Å². The van der Waals surface area contributed by atoms with Gasteiger partial charge < -0.3 is 10.0 Å². The van der Waals surface area contributed by atoms with Crippen molar-refractivity contribution in [1.29, 1.82) is 0 Å². The molecule has 1 aliphatic rings. The van der Waals surface area contributed by atoms with Gasteiger partial charge in [-0.15, -0.1) is 0 Å². The Kier molecular flexibility index (Phi) is 5.14. The van der Waals surface area contributed by atoms with Crippen LogP contribution in [-0.4, -0.2) is 62.7 Å². The molecule has 0 radical (unpaired) electrons. The summed E-state index contributed by atoms with van der Waals surface area (Å²) in [5.41, 5.74) is 2.98. The summed E-state index contributed by atoms with van der Waals surface area (Å²) in [6.07, 6.45) is 2.93. The molecule has 1 aromatic heterocycles. The Balaban J connectivity index is 1.54. The number of nitrogens with zero attached hydrogens (tertiary/aromatic N) is 4. The van der Waals surface area contributed by atoms with Gasteiger partial charge in [0.15, 0.2) is 0 Å². The maximum absolute atomic E-state index is 12.5. The van der Waals surface area contributed by atoms with Gasteiger partial charge in [0.05, 0.1) is 11.8 Å². The molecule has 132 valence electrons. The Bertz CT molecular complexity index is 763. The fraction of sp³-hybridized carbons (Fsp3) is 0.389. The first-order valence-corrected chi connectivity index (χ1v) is 8.33. The molecule has 1 aliphatic heterocycles. The molecule has 1 fully saturated rings. The third-order valence-corrected chi connectivity index (χ3v) is 4.33. The molecule has 1 amide bonds. The number of hydrogen-bond donors (Lipinski definition) is 1. The number of piperazine rings is 1. The normalized spacial score (nSPS) is 15.3. The topological polar surface area (TPSA) is 78.7 Å². The molecule has 2 aromatic rings. The van der Waals surface area contributed by atoms with Gasteiger partial charge in [-0.25, -0.2) is 0 Å². The number of carbonyl (C=O) groups excluding carboxylic acids is 1. The van der Waals surface area contributed by atoms with Crippen LogP contribution in [0, 0.1) is 6.92 Å². The van der Waals surface area contributed by atoms with Crippen LogP contribution in [0.2, 0.25) is 0 Å². The maximum Gasteiger partial charge on any atom is 0.325 e. The summed E-state index contributed by atoms with van der Waals surface area (Å²) in [5.74, 6) is -1.07. The van der Waals surface area contributed by atoms with Crippen molar-refractivity contribution in [2.45, 2.75) is 20.0 Å². The number of carbonyl (C=O) groups is 2. The second kappa shape index (κ2) is 7.48. The van der Waals surface area contributed by atoms with E-state index in [4.69, 9.17) is 5.11 Å². The van der Waals surface area contributed by atoms with Crippen LogP contribution in [0.1, 0.15) is 21.5 Å². The third-order valence-electron chi connectivity index (χ3n) is 4.33. The zero-order chi connectivity index (χ0) is 17.8. The Hall–Kier alpha value is -2.67. The molecule has 1 aromatic carbocycles. The van der Waals surface area contributed by atoms with Gasteiger partial charge in [-0.2, -0.15) is 5.10 Å². The standard InChI is InChI=1S/C18H22N4O3/c1-14-3-2-4-15(9-14)11-20-5-7-21(8-6-20)18(25)16-10-19-22(12-16)13-17(23)24/h2-4,9-10,12H,5-8,11,13H2,1H3,(H,23,24). The van der Waals surface area contributed by atoms with E-state index in [1.807, 2.05) is 0 Å². The highest BCUT2D eigenvalue weighted by molar-refractivity contribution is 5.93. The molecule has 7 nitrogen and oxygen atoms in total. The second-order valence-corrected chi connectivity index (χ2v) is 6.38. The van der Waals surface area contributed by atoms with E-state index in [0.717, 1.165) is 19.6 Å². The van der Waals surface area contributed by atoms with Crippen LogP contribution in [0.3, 0.4) is 0 Å². The van der Waals surface area contributed by atoms with E-state index < -0.39 is 5.97 Å². The minimum Gasteiger partial charge on any atom is -0.480 e. The molecule has 2 heterocycles. The van der Waals surface area contributed by atoms with Gasteiger partial charge in [0.1, 0.15) is 6.54 Å². The number of carboxylic acid groups (broad SMARTS) is 1. The van der Waals surface area contributed by atoms with E-state index in [1.165, 1.54) is 28.2 Å². The largest absolute Gasteiger partial charge is 0.480 e. The van der Waals surface area contributed by atoms with Crippen molar-refractivity contribution in [3.63, 3.8) is 0 Å². The molecular weight excluding hydrogens is 320 g/mol. The molecule has 0 atom stereocenters. The van der Waals surface area contributed by atoms with Gasteiger partial charge in [0, 0.05) is 38.9 Å². The Labute approximate surface area is 146 Å². The number of amides is 1. The van der Waals surface area contributed by atoms with Crippen LogP contribution in [0.5, 0.6) is 0 Å². The summed E-state index contributed by atoms with van der Waals surface area (Å²) < 4.78 is 1.27. The van der Waals surface area contributed by atoms with Gasteiger partial charge in [0.2, 0.25) is 0 Å². The second-order valence-electron chi connectivity index (χ2n) is 6.38. The van der Waals surface area contributed by atoms with Crippen molar-refractivity contribution in [2.24, 2.45) is 0 Å². The monoisotopic (exact) mass is 342 g/mol. The lowest BCUT2D eigenvalue weighted by atomic mass is 10.1. The average molecular weight is 342 g/mol. The molecule has 1 saturated heterocycles. The van der Waals surface area contributed by atoms with Crippen LogP contribution >= 0.6 is 0 Å². The zero-order valence-electron chi connectivity index (χ0n) is 14.3. The van der Waals surface area contributed by atoms with E-state index in [2.05, 4.69) is 41.2 Å². The van der Waals surface area contributed by atoms with Crippen LogP contribution in [0.4, 0.5) is 0 Å². The zero-order valence-corrected chi connectivity index (χ0v) is 14.3. The van der Waals surface area contributed by atoms with Crippen LogP contribution in [-0.2, 0) is 17.9 Å². The van der Waals surface area contributed by atoms with E-state index in [0.29, 0.717) is 18.7 Å². The molecule has 3 rings (SSSR count). The molecule has 7 heteroatoms. The fourth-order valence-electron chi connectivity index (χ4n) is 3.06. The number of aryl methyl sites for hydroxylation is 1. The number of carboxylic acids is 1. The first-order chi connectivity index (χ1) is 12.0. The highest BCUT2D eigenvalue weighted by Crippen LogP contribution is 2.12. The lowest BCUT2D eigenvalue weighted by Crippen LogP contribution is -2.48. The highest BCUT2D eigenvalue weighted by Gasteiger charge is 2.23. The van der Waals surface area contributed by atoms with Crippen LogP contribution in [0.25, 0.3) is 0 Å². The average Bonchev–Trinajstić information content (AvgIpc) is 3.02. The predicted octanol–water partition coefficient (Wildman–Crippen LogP) is 1.23. The number of aliphatic carboxylic acids is 1. The van der Waals surface area contributed by atoms with Gasteiger partial charge >= 0.3 is 5.97 Å². The van der Waals surface area contributed by atoms with Crippen molar-refractivity contribution in [2.75, 3.05) is 26.2 Å². The summed E-state index contributed by atoms with van der Waals surface area (Å²) in [7, 11) is 0. The Morgan fingerprint density at radius 2 is 1.96 bits per heavy atom. The van der Waals surface area contributed by atoms with E-state index in [1.54, 1.807) is 4.90 Å². The van der Waals surface area contributed by atoms with E-state index in [-0.39, 0.29) is 12.5 Å². The van der Waals surface area contributed by atoms with Gasteiger partial charge in [-0.3, -0.25) is 19.2 Å². The number of rotatable bonds is 5. The molecule has 1 N–H and O–H groups in total. The summed E-state index contributed by atoms with van der Waals surface area (Å²) in [4.78, 5) is 27.4. The Morgan fingerprint density at radius 3 is 2.64 bits per heavy atom. The summed E-state index contributed by atoms with van der Waals surface area (Å²) in [6, 6.07) is 8.47. The van der Waals surface area contributed by atoms with Crippen molar-refractivity contribution in [3.05, 3.63) is 53.3 Å². The lowest BCUT2D eigenvalue weighted by Gasteiger charge is -2.34. The lowest BCUT2D eigenvalue weighted by molar-refractivity contribution is -0.137. The fourth-order valence-corrected chi connectivity index (χ4v) is 3.06. The van der Waals surface area contributed by atoms with E-state index in [9.17, 15) is 9.59 Å². The van der Waals surface area contributed by atoms with Crippen molar-refractivity contribution >= 4 is 11.9 Å². The number of benzene rings is 1. The van der Waals surface area contributed by atoms with Gasteiger partial charge in [-0.1, -0.05) is 29.8 Å². The SMILES string of the molecule is Cc1cccc(CN2CCN(C(=O)c3cnn(CC(=O)O)c3)CC2)c1. The molecule has 0 bridgehead atoms. The highest BCUT2D eigenvalue weighted by atomic mass is 16.4. The molecule has 0 unspecified atom stereocenters. The molecule has 0 saturated carbocycles. The molecule has 25 heavy (non-hydrogen) atoms. The van der Waals surface area contributed by atoms with Crippen molar-refractivity contribution in [3.8, 4) is 0 Å². The first-order valence-electron chi connectivity index (χ1n) is 8.33. The number of hydrogen-bond acceptors (Lipinski definition) is 4. The van der Waals surface area contributed by atoms with Gasteiger partial charge in [0.25, 0.3) is 5.91 Å². The molecule has 0 spiro atoms. The Morgan fingerprint density at radius 1 is 1.20 bits per heavy atom. The first kappa shape index (κ1) is 17.2. The molecule has 0 aliphatic carbocycles. The summed E-state index contributed by atoms with van der Waals surface area (Å²) >= 11 is 0. The third kappa shape index (κ3) is 4.45. The minimum atomic E-state index is -0.980. The molecular formula is C18H22N4O3. The van der Waals surface area contributed by atoms with Gasteiger partial charge in [-0.05, 0) is 12.5 Å². The smallest absolute Gasteiger partial charge is 0.325 e. The maximum atomic E-state index is 12.5. The van der Waals surface area contributed by atoms with Crippen molar-refractivity contribution in [1.82, 2.24) is 19.6 Å². The van der Waals surface area contributed by atoms with Crippen molar-refractivity contribution < 1.29 is 14.7 Å².